The van der Waals surface area contributed by atoms with E-state index >= 15 is 0 Å². The number of hydrogen-bond acceptors (Lipinski definition) is 11. The van der Waals surface area contributed by atoms with Gasteiger partial charge in [0.25, 0.3) is 0 Å². The number of hydrazine groups is 1. The van der Waals surface area contributed by atoms with E-state index in [4.69, 9.17) is 38.6 Å². The molecule has 142 valence electrons. The summed E-state index contributed by atoms with van der Waals surface area (Å²) >= 11 is 1.50. The van der Waals surface area contributed by atoms with Gasteiger partial charge in [0, 0.05) is 11.8 Å². The van der Waals surface area contributed by atoms with Crippen LogP contribution in [0.2, 0.25) is 0 Å². The summed E-state index contributed by atoms with van der Waals surface area (Å²) in [5.74, 6) is 6.20. The van der Waals surface area contributed by atoms with Crippen molar-refractivity contribution in [1.29, 1.82) is 0 Å². The van der Waals surface area contributed by atoms with Crippen LogP contribution in [-0.4, -0.2) is 45.4 Å². The Morgan fingerprint density at radius 3 is 2.68 bits per heavy atom. The number of thioether (sulfide) groups is 1. The van der Waals surface area contributed by atoms with Crippen molar-refractivity contribution in [2.45, 2.75) is 55.8 Å². The van der Waals surface area contributed by atoms with E-state index in [0.29, 0.717) is 23.8 Å². The van der Waals surface area contributed by atoms with Crippen molar-refractivity contribution in [1.82, 2.24) is 9.97 Å². The first kappa shape index (κ1) is 19.9. The third-order valence-electron chi connectivity index (χ3n) is 4.00. The van der Waals surface area contributed by atoms with Crippen LogP contribution >= 0.6 is 11.8 Å². The lowest BCUT2D eigenvalue weighted by molar-refractivity contribution is -0.111. The normalized spacial score (nSPS) is 20.8. The monoisotopic (exact) mass is 372 g/mol. The lowest BCUT2D eigenvalue weighted by atomic mass is 10.2. The van der Waals surface area contributed by atoms with Gasteiger partial charge in [-0.05, 0) is 25.7 Å². The van der Waals surface area contributed by atoms with Crippen molar-refractivity contribution in [3.05, 3.63) is 0 Å². The molecule has 2 unspecified atom stereocenters. The molecule has 11 N–H and O–H groups in total. The summed E-state index contributed by atoms with van der Waals surface area (Å²) in [6.07, 6.45) is 2.85. The second kappa shape index (κ2) is 8.34. The number of nitrogens with zero attached hydrogens (tertiary/aromatic N) is 3. The molecule has 0 radical (unpaired) electrons. The summed E-state index contributed by atoms with van der Waals surface area (Å²) in [6.45, 7) is 1.61. The van der Waals surface area contributed by atoms with Crippen LogP contribution in [-0.2, 0) is 4.74 Å². The van der Waals surface area contributed by atoms with E-state index in [0.717, 1.165) is 18.6 Å². The first-order valence-electron chi connectivity index (χ1n) is 8.23. The van der Waals surface area contributed by atoms with Gasteiger partial charge >= 0.3 is 0 Å². The molecular weight excluding hydrogens is 344 g/mol. The lowest BCUT2D eigenvalue weighted by Gasteiger charge is -2.28. The minimum absolute atomic E-state index is 0.0554. The molecule has 1 aromatic heterocycles. The van der Waals surface area contributed by atoms with Crippen molar-refractivity contribution in [2.24, 2.45) is 17.3 Å². The number of ether oxygens (including phenoxy) is 1. The summed E-state index contributed by atoms with van der Waals surface area (Å²) in [6, 6.07) is -0.0554. The van der Waals surface area contributed by atoms with Crippen molar-refractivity contribution in [3.8, 4) is 0 Å². The zero-order chi connectivity index (χ0) is 18.6. The number of nitrogens with two attached hydrogens (primary N) is 5. The Morgan fingerprint density at radius 1 is 1.32 bits per heavy atom. The largest absolute Gasteiger partial charge is 0.393 e. The number of aliphatic hydroxyl groups excluding tert-OH is 1. The third-order valence-corrected chi connectivity index (χ3v) is 5.05. The highest BCUT2D eigenvalue weighted by Crippen LogP contribution is 2.33. The molecule has 0 saturated heterocycles. The molecule has 1 fully saturated rings. The Hall–Kier alpha value is -1.37. The van der Waals surface area contributed by atoms with Gasteiger partial charge < -0.3 is 21.3 Å². The number of nitrogen functional groups attached to an aromatic ring is 2. The molecule has 1 aromatic rings. The van der Waals surface area contributed by atoms with Crippen LogP contribution in [0.5, 0.6) is 0 Å². The zero-order valence-electron chi connectivity index (χ0n) is 14.4. The van der Waals surface area contributed by atoms with E-state index in [1.54, 1.807) is 0 Å². The molecular formula is C14H28N8O2S. The number of rotatable bonds is 8. The van der Waals surface area contributed by atoms with E-state index in [2.05, 4.69) is 16.9 Å². The van der Waals surface area contributed by atoms with E-state index in [-0.39, 0.29) is 23.7 Å². The average Bonchev–Trinajstić information content (AvgIpc) is 3.02. The van der Waals surface area contributed by atoms with Gasteiger partial charge in [-0.3, -0.25) is 16.5 Å². The Labute approximate surface area is 151 Å². The van der Waals surface area contributed by atoms with Gasteiger partial charge in [-0.15, -0.1) is 0 Å². The van der Waals surface area contributed by atoms with Crippen molar-refractivity contribution in [2.75, 3.05) is 28.8 Å². The Morgan fingerprint density at radius 2 is 2.04 bits per heavy atom. The van der Waals surface area contributed by atoms with Gasteiger partial charge in [0.15, 0.2) is 22.6 Å². The smallest absolute Gasteiger partial charge is 0.193 e. The van der Waals surface area contributed by atoms with Crippen LogP contribution in [0.4, 0.5) is 17.3 Å². The predicted molar refractivity (Wildman–Crippen MR) is 99.2 cm³/mol. The summed E-state index contributed by atoms with van der Waals surface area (Å²) < 4.78 is 5.53. The second-order valence-electron chi connectivity index (χ2n) is 6.20. The molecule has 25 heavy (non-hydrogen) atoms. The van der Waals surface area contributed by atoms with E-state index in [9.17, 15) is 0 Å². The molecule has 1 saturated carbocycles. The van der Waals surface area contributed by atoms with Gasteiger partial charge in [0.2, 0.25) is 0 Å². The van der Waals surface area contributed by atoms with Gasteiger partial charge in [-0.1, -0.05) is 18.7 Å². The van der Waals surface area contributed by atoms with Gasteiger partial charge in [0.1, 0.15) is 5.69 Å². The molecule has 1 aliphatic carbocycles. The summed E-state index contributed by atoms with van der Waals surface area (Å²) in [5, 5.41) is 11.2. The molecule has 0 aromatic carbocycles. The van der Waals surface area contributed by atoms with Gasteiger partial charge in [-0.2, -0.15) is 0 Å². The highest BCUT2D eigenvalue weighted by molar-refractivity contribution is 7.99. The Kier molecular flexibility index (Phi) is 6.65. The zero-order valence-corrected chi connectivity index (χ0v) is 15.2. The fraction of sp³-hybridized carbons (Fsp3) is 0.714. The lowest BCUT2D eigenvalue weighted by Crippen LogP contribution is -2.56. The maximum absolute atomic E-state index is 9.12. The van der Waals surface area contributed by atoms with Crippen LogP contribution in [0.25, 0.3) is 0 Å². The van der Waals surface area contributed by atoms with E-state index in [1.165, 1.54) is 16.8 Å². The second-order valence-corrected chi connectivity index (χ2v) is 7.27. The minimum atomic E-state index is -1.55. The van der Waals surface area contributed by atoms with Crippen LogP contribution in [0.1, 0.15) is 32.6 Å². The molecule has 1 aliphatic rings. The van der Waals surface area contributed by atoms with Gasteiger partial charge in [-0.25, -0.2) is 15.8 Å². The maximum atomic E-state index is 9.12. The number of aromatic nitrogens is 2. The molecule has 11 heteroatoms. The van der Waals surface area contributed by atoms with Crippen LogP contribution in [0, 0.1) is 0 Å². The Bertz CT molecular complexity index is 588. The summed E-state index contributed by atoms with van der Waals surface area (Å²) in [7, 11) is 0. The standard InChI is InChI=1S/C14H28N8O2S/c1-2-5-25-13-20-11(16)10(15)12(21-13)22(19)8-3-4-9(6-8)24-14(17,18)7-23/h8-9,23H,2-7,15,17-19H2,1H3,(H2,16,20,21). The highest BCUT2D eigenvalue weighted by atomic mass is 32.2. The molecule has 10 nitrogen and oxygen atoms in total. The quantitative estimate of drug-likeness (QED) is 0.111. The van der Waals surface area contributed by atoms with Crippen LogP contribution in [0.15, 0.2) is 5.16 Å². The molecule has 0 amide bonds. The fourth-order valence-electron chi connectivity index (χ4n) is 2.71. The first-order chi connectivity index (χ1) is 11.8. The van der Waals surface area contributed by atoms with Crippen LogP contribution < -0.4 is 33.8 Å². The summed E-state index contributed by atoms with van der Waals surface area (Å²) in [5.41, 5.74) is 23.5. The van der Waals surface area contributed by atoms with Gasteiger partial charge in [0.05, 0.1) is 12.7 Å². The topological polar surface area (TPSA) is 189 Å². The number of hydrogen-bond donors (Lipinski definition) is 6. The third kappa shape index (κ3) is 5.06. The van der Waals surface area contributed by atoms with Crippen molar-refractivity contribution < 1.29 is 9.84 Å². The molecule has 0 aliphatic heterocycles. The van der Waals surface area contributed by atoms with Crippen molar-refractivity contribution >= 4 is 29.1 Å². The number of anilines is 3. The van der Waals surface area contributed by atoms with E-state index < -0.39 is 12.5 Å². The van der Waals surface area contributed by atoms with Crippen molar-refractivity contribution in [3.63, 3.8) is 0 Å². The predicted octanol–water partition coefficient (Wildman–Crippen LogP) is -0.676. The highest BCUT2D eigenvalue weighted by Gasteiger charge is 2.34. The SMILES string of the molecule is CCCSc1nc(N)c(N)c(N(N)C2CCC(OC(N)(N)CO)C2)n1. The molecule has 2 atom stereocenters. The maximum Gasteiger partial charge on any atom is 0.193 e. The average molecular weight is 372 g/mol. The minimum Gasteiger partial charge on any atom is -0.393 e. The first-order valence-corrected chi connectivity index (χ1v) is 9.22. The Balaban J connectivity index is 2.10. The molecule has 0 spiro atoms. The fourth-order valence-corrected chi connectivity index (χ4v) is 3.41. The molecule has 2 rings (SSSR count). The number of aliphatic hydroxyl groups is 1. The van der Waals surface area contributed by atoms with E-state index in [1.807, 2.05) is 0 Å². The molecule has 1 heterocycles. The molecule has 0 bridgehead atoms. The van der Waals surface area contributed by atoms with Crippen LogP contribution in [0.3, 0.4) is 0 Å². The summed E-state index contributed by atoms with van der Waals surface area (Å²) in [4.78, 5) is 8.64.